The molecule has 1 heterocycles. The van der Waals surface area contributed by atoms with Gasteiger partial charge in [0, 0.05) is 0 Å². The number of hydrogen-bond donors (Lipinski definition) is 1. The van der Waals surface area contributed by atoms with E-state index in [4.69, 9.17) is 7.04 Å². The number of halogens is 1. The standard InChI is InChI=1S/C12H14INO5S/c1-8-4-6-11(7-5-8)20(16,17)19-13(15)12-9(2)14-18-10(12)3/h4-7,15H,1-3H3. The third kappa shape index (κ3) is 3.19. The molecule has 0 saturated carbocycles. The van der Waals surface area contributed by atoms with Crippen molar-refractivity contribution in [1.29, 1.82) is 0 Å². The van der Waals surface area contributed by atoms with Crippen molar-refractivity contribution >= 4 is 30.8 Å². The van der Waals surface area contributed by atoms with Crippen LogP contribution < -0.4 is 0 Å². The Hall–Kier alpha value is -0.970. The quantitative estimate of drug-likeness (QED) is 0.778. The van der Waals surface area contributed by atoms with Crippen molar-refractivity contribution in [2.45, 2.75) is 25.7 Å². The summed E-state index contributed by atoms with van der Waals surface area (Å²) in [6, 6.07) is 6.23. The van der Waals surface area contributed by atoms with Crippen molar-refractivity contribution in [3.8, 4) is 0 Å². The van der Waals surface area contributed by atoms with E-state index in [0.29, 0.717) is 15.0 Å². The second-order valence-corrected chi connectivity index (χ2v) is 9.18. The van der Waals surface area contributed by atoms with Crippen molar-refractivity contribution in [3.63, 3.8) is 0 Å². The zero-order valence-corrected chi connectivity index (χ0v) is 14.1. The Kier molecular flexibility index (Phi) is 4.47. The molecule has 20 heavy (non-hydrogen) atoms. The van der Waals surface area contributed by atoms with E-state index >= 15 is 0 Å². The summed E-state index contributed by atoms with van der Waals surface area (Å²) in [7, 11) is -3.99. The van der Waals surface area contributed by atoms with Crippen molar-refractivity contribution in [2.75, 3.05) is 0 Å². The predicted octanol–water partition coefficient (Wildman–Crippen LogP) is 2.50. The van der Waals surface area contributed by atoms with E-state index in [0.717, 1.165) is 5.56 Å². The summed E-state index contributed by atoms with van der Waals surface area (Å²) < 4.78 is 44.5. The Morgan fingerprint density at radius 2 is 1.80 bits per heavy atom. The first kappa shape index (κ1) is 15.4. The van der Waals surface area contributed by atoms with Crippen LogP contribution in [0.1, 0.15) is 17.0 Å². The van der Waals surface area contributed by atoms with Gasteiger partial charge in [-0.1, -0.05) is 0 Å². The zero-order chi connectivity index (χ0) is 14.9. The number of aromatic nitrogens is 1. The predicted molar refractivity (Wildman–Crippen MR) is 80.4 cm³/mol. The molecule has 110 valence electrons. The fourth-order valence-corrected chi connectivity index (χ4v) is 6.34. The third-order valence-electron chi connectivity index (χ3n) is 2.56. The fourth-order valence-electron chi connectivity index (χ4n) is 1.55. The van der Waals surface area contributed by atoms with Crippen LogP contribution in [0.5, 0.6) is 0 Å². The summed E-state index contributed by atoms with van der Waals surface area (Å²) >= 11 is -3.33. The maximum absolute atomic E-state index is 12.1. The maximum atomic E-state index is 12.1. The van der Waals surface area contributed by atoms with E-state index in [1.54, 1.807) is 26.0 Å². The van der Waals surface area contributed by atoms with E-state index < -0.39 is 30.8 Å². The molecular formula is C12H14INO5S. The molecule has 0 aliphatic carbocycles. The average Bonchev–Trinajstić information content (AvgIpc) is 2.69. The van der Waals surface area contributed by atoms with Crippen molar-refractivity contribution in [2.24, 2.45) is 0 Å². The van der Waals surface area contributed by atoms with Crippen LogP contribution in [-0.4, -0.2) is 17.0 Å². The molecule has 0 fully saturated rings. The van der Waals surface area contributed by atoms with Gasteiger partial charge in [-0.3, -0.25) is 0 Å². The number of nitrogens with zero attached hydrogens (tertiary/aromatic N) is 1. The second kappa shape index (κ2) is 5.80. The van der Waals surface area contributed by atoms with Crippen LogP contribution in [0.2, 0.25) is 0 Å². The van der Waals surface area contributed by atoms with Gasteiger partial charge in [-0.15, -0.1) is 0 Å². The van der Waals surface area contributed by atoms with Crippen molar-refractivity contribution in [3.05, 3.63) is 44.9 Å². The third-order valence-corrected chi connectivity index (χ3v) is 8.60. The van der Waals surface area contributed by atoms with Gasteiger partial charge in [0.25, 0.3) is 0 Å². The zero-order valence-electron chi connectivity index (χ0n) is 11.1. The van der Waals surface area contributed by atoms with Crippen LogP contribution in [0.25, 0.3) is 0 Å². The van der Waals surface area contributed by atoms with Crippen molar-refractivity contribution < 1.29 is 18.9 Å². The number of rotatable bonds is 4. The van der Waals surface area contributed by atoms with E-state index in [2.05, 4.69) is 5.16 Å². The van der Waals surface area contributed by atoms with Crippen LogP contribution >= 0.6 is 20.6 Å². The molecule has 2 aromatic rings. The molecule has 0 amide bonds. The normalized spacial score (nSPS) is 12.5. The van der Waals surface area contributed by atoms with Crippen LogP contribution in [0.4, 0.5) is 0 Å². The summed E-state index contributed by atoms with van der Waals surface area (Å²) in [6.07, 6.45) is 0. The molecule has 0 aliphatic heterocycles. The van der Waals surface area contributed by atoms with Gasteiger partial charge in [-0.05, 0) is 0 Å². The number of benzene rings is 1. The fraction of sp³-hybridized carbons (Fsp3) is 0.250. The molecule has 0 atom stereocenters. The summed E-state index contributed by atoms with van der Waals surface area (Å²) in [5.41, 5.74) is 1.39. The van der Waals surface area contributed by atoms with Gasteiger partial charge in [0.15, 0.2) is 0 Å². The van der Waals surface area contributed by atoms with Gasteiger partial charge in [-0.2, -0.15) is 0 Å². The summed E-state index contributed by atoms with van der Waals surface area (Å²) in [5, 5.41) is 3.68. The number of aryl methyl sites for hydroxylation is 3. The summed E-state index contributed by atoms with van der Waals surface area (Å²) in [5.74, 6) is 0.384. The second-order valence-electron chi connectivity index (χ2n) is 4.20. The molecule has 1 aromatic carbocycles. The minimum atomic E-state index is -3.99. The van der Waals surface area contributed by atoms with E-state index in [1.807, 2.05) is 6.92 Å². The van der Waals surface area contributed by atoms with Gasteiger partial charge in [0.05, 0.1) is 0 Å². The molecule has 6 nitrogen and oxygen atoms in total. The Labute approximate surface area is 125 Å². The molecular weight excluding hydrogens is 397 g/mol. The van der Waals surface area contributed by atoms with Crippen LogP contribution in [0.3, 0.4) is 0 Å². The summed E-state index contributed by atoms with van der Waals surface area (Å²) in [6.45, 7) is 5.10. The van der Waals surface area contributed by atoms with Crippen molar-refractivity contribution in [1.82, 2.24) is 5.16 Å². The molecule has 0 unspecified atom stereocenters. The van der Waals surface area contributed by atoms with Gasteiger partial charge in [-0.25, -0.2) is 0 Å². The molecule has 2 rings (SSSR count). The number of hydrogen-bond acceptors (Lipinski definition) is 6. The van der Waals surface area contributed by atoms with E-state index in [-0.39, 0.29) is 4.90 Å². The molecule has 1 N–H and O–H groups in total. The molecule has 0 radical (unpaired) electrons. The molecule has 0 bridgehead atoms. The first-order valence-corrected chi connectivity index (χ1v) is 9.98. The first-order valence-electron chi connectivity index (χ1n) is 5.65. The SMILES string of the molecule is Cc1ccc(S(=O)(=O)OI(O)c2c(C)noc2C)cc1. The first-order chi connectivity index (χ1) is 9.31. The molecule has 0 saturated heterocycles. The topological polar surface area (TPSA) is 89.6 Å². The van der Waals surface area contributed by atoms with Crippen LogP contribution in [0.15, 0.2) is 33.7 Å². The van der Waals surface area contributed by atoms with Gasteiger partial charge < -0.3 is 0 Å². The van der Waals surface area contributed by atoms with Gasteiger partial charge in [0.2, 0.25) is 0 Å². The molecule has 0 aliphatic rings. The van der Waals surface area contributed by atoms with Gasteiger partial charge >= 0.3 is 125 Å². The van der Waals surface area contributed by atoms with E-state index in [9.17, 15) is 11.9 Å². The molecule has 1 aromatic heterocycles. The van der Waals surface area contributed by atoms with Crippen LogP contribution in [-0.2, 0) is 12.6 Å². The average molecular weight is 411 g/mol. The Morgan fingerprint density at radius 1 is 1.20 bits per heavy atom. The molecule has 8 heteroatoms. The molecule has 0 spiro atoms. The monoisotopic (exact) mass is 411 g/mol. The minimum absolute atomic E-state index is 0.0196. The van der Waals surface area contributed by atoms with E-state index in [1.165, 1.54) is 12.1 Å². The Morgan fingerprint density at radius 3 is 2.30 bits per heavy atom. The Bertz CT molecular complexity index is 688. The Balaban J connectivity index is 2.27. The van der Waals surface area contributed by atoms with Crippen LogP contribution in [0, 0.1) is 24.3 Å². The van der Waals surface area contributed by atoms with Gasteiger partial charge in [0.1, 0.15) is 0 Å². The summed E-state index contributed by atoms with van der Waals surface area (Å²) in [4.78, 5) is 0.0196.